The lowest BCUT2D eigenvalue weighted by molar-refractivity contribution is 0.0695. The van der Waals surface area contributed by atoms with E-state index in [4.69, 9.17) is 0 Å². The van der Waals surface area contributed by atoms with Gasteiger partial charge >= 0.3 is 5.97 Å². The van der Waals surface area contributed by atoms with Crippen molar-refractivity contribution in [1.29, 1.82) is 0 Å². The molecule has 0 aliphatic heterocycles. The third-order valence-corrected chi connectivity index (χ3v) is 6.58. The molecule has 0 amide bonds. The number of unbranched alkanes of at least 4 members (excludes halogenated alkanes) is 4. The van der Waals surface area contributed by atoms with Crippen molar-refractivity contribution >= 4 is 11.8 Å². The summed E-state index contributed by atoms with van der Waals surface area (Å²) < 4.78 is 18.7. The molecule has 0 unspecified atom stereocenters. The van der Waals surface area contributed by atoms with Crippen LogP contribution in [0.1, 0.15) is 118 Å². The van der Waals surface area contributed by atoms with Crippen LogP contribution in [0.15, 0.2) is 54.9 Å². The highest BCUT2D eigenvalue weighted by molar-refractivity contribution is 5.97. The molecule has 2 heterocycles. The first-order valence-electron chi connectivity index (χ1n) is 15.8. The van der Waals surface area contributed by atoms with Gasteiger partial charge in [-0.25, -0.2) is 13.9 Å². The maximum atomic E-state index is 15.5. The summed E-state index contributed by atoms with van der Waals surface area (Å²) in [6.07, 6.45) is 11.8. The van der Waals surface area contributed by atoms with Crippen LogP contribution in [0.5, 0.6) is 0 Å². The fourth-order valence-electron chi connectivity index (χ4n) is 4.57. The Morgan fingerprint density at radius 3 is 2.20 bits per heavy atom. The molecule has 0 saturated carbocycles. The first-order chi connectivity index (χ1) is 21.2. The minimum atomic E-state index is -1.08. The molecule has 0 radical (unpaired) electrons. The molecule has 1 N–H and O–H groups in total. The molecule has 0 saturated heterocycles. The monoisotopic (exact) mass is 605 g/mol. The fourth-order valence-corrected chi connectivity index (χ4v) is 4.57. The molecule has 8 nitrogen and oxygen atoms in total. The highest BCUT2D eigenvalue weighted by Gasteiger charge is 2.20. The Morgan fingerprint density at radius 1 is 0.886 bits per heavy atom. The van der Waals surface area contributed by atoms with E-state index in [2.05, 4.69) is 50.0 Å². The van der Waals surface area contributed by atoms with Crippen molar-refractivity contribution in [2.45, 2.75) is 98.8 Å². The predicted octanol–water partition coefficient (Wildman–Crippen LogP) is 8.67. The van der Waals surface area contributed by atoms with Gasteiger partial charge in [-0.2, -0.15) is 5.10 Å². The molecule has 0 aliphatic carbocycles. The van der Waals surface area contributed by atoms with Crippen LogP contribution in [0.4, 0.5) is 4.39 Å². The van der Waals surface area contributed by atoms with E-state index in [1.165, 1.54) is 25.1 Å². The van der Waals surface area contributed by atoms with Crippen LogP contribution in [-0.2, 0) is 19.9 Å². The summed E-state index contributed by atoms with van der Waals surface area (Å²) in [4.78, 5) is 24.6. The number of carbonyl (C=O) groups excluding carboxylic acids is 1. The number of aryl methyl sites for hydroxylation is 2. The molecule has 0 fully saturated rings. The van der Waals surface area contributed by atoms with E-state index < -0.39 is 11.8 Å². The second-order valence-corrected chi connectivity index (χ2v) is 10.8. The van der Waals surface area contributed by atoms with E-state index in [-0.39, 0.29) is 16.9 Å². The zero-order chi connectivity index (χ0) is 32.5. The average Bonchev–Trinajstić information content (AvgIpc) is 3.63. The predicted molar refractivity (Wildman–Crippen MR) is 174 cm³/mol. The van der Waals surface area contributed by atoms with Gasteiger partial charge in [-0.1, -0.05) is 103 Å². The number of Topliss-reactive ketones (excluding diaryl/α,β-unsaturated/α-hetero) is 1. The van der Waals surface area contributed by atoms with Crippen molar-refractivity contribution in [2.75, 3.05) is 0 Å². The van der Waals surface area contributed by atoms with Crippen molar-refractivity contribution in [1.82, 2.24) is 24.8 Å². The van der Waals surface area contributed by atoms with E-state index >= 15 is 4.39 Å². The fraction of sp³-hybridized carbons (Fsp3) is 0.457. The molecule has 238 valence electrons. The summed E-state index contributed by atoms with van der Waals surface area (Å²) in [5, 5.41) is 22.0. The lowest BCUT2D eigenvalue weighted by Gasteiger charge is -2.12. The topological polar surface area (TPSA) is 103 Å². The van der Waals surface area contributed by atoms with Gasteiger partial charge < -0.3 is 5.11 Å². The molecule has 9 heteroatoms. The van der Waals surface area contributed by atoms with Crippen LogP contribution in [0.2, 0.25) is 0 Å². The first-order valence-corrected chi connectivity index (χ1v) is 15.8. The highest BCUT2D eigenvalue weighted by Crippen LogP contribution is 2.28. The van der Waals surface area contributed by atoms with Crippen molar-refractivity contribution < 1.29 is 19.1 Å². The summed E-state index contributed by atoms with van der Waals surface area (Å²) in [6.45, 7) is 10.6. The summed E-state index contributed by atoms with van der Waals surface area (Å²) >= 11 is 0. The lowest BCUT2D eigenvalue weighted by atomic mass is 9.97. The van der Waals surface area contributed by atoms with Crippen molar-refractivity contribution in [3.63, 3.8) is 0 Å². The number of ketones is 1. The molecule has 2 aromatic carbocycles. The maximum Gasteiger partial charge on any atom is 0.339 e. The molecule has 0 spiro atoms. The molecule has 4 aromatic rings. The summed E-state index contributed by atoms with van der Waals surface area (Å²) in [5.74, 6) is -1.81. The van der Waals surface area contributed by atoms with Crippen LogP contribution in [0.25, 0.3) is 16.8 Å². The number of hydrogen-bond donors (Lipinski definition) is 1. The lowest BCUT2D eigenvalue weighted by Crippen LogP contribution is -2.08. The molecular weight excluding hydrogens is 557 g/mol. The van der Waals surface area contributed by atoms with Gasteiger partial charge in [0.1, 0.15) is 11.4 Å². The Hall–Kier alpha value is -4.14. The van der Waals surface area contributed by atoms with Crippen LogP contribution in [0.3, 0.4) is 0 Å². The highest BCUT2D eigenvalue weighted by atomic mass is 19.1. The van der Waals surface area contributed by atoms with Gasteiger partial charge in [0, 0.05) is 25.2 Å². The van der Waals surface area contributed by atoms with Crippen molar-refractivity contribution in [3.8, 4) is 16.8 Å². The van der Waals surface area contributed by atoms with Gasteiger partial charge in [-0.3, -0.25) is 9.48 Å². The number of aromatic nitrogens is 5. The SMILES string of the molecule is CCC.CCC.CCCCCCCC(=O)c1cccc(-c2cccc(-n3ncc(C(=O)O)c3CCc3cn(C)nn3)c2)c1F. The number of rotatable bonds is 13. The van der Waals surface area contributed by atoms with E-state index in [0.29, 0.717) is 41.8 Å². The van der Waals surface area contributed by atoms with E-state index in [1.54, 1.807) is 59.0 Å². The zero-order valence-electron chi connectivity index (χ0n) is 27.1. The second kappa shape index (κ2) is 19.2. The number of halogens is 1. The summed E-state index contributed by atoms with van der Waals surface area (Å²) in [5.41, 5.74) is 2.92. The minimum absolute atomic E-state index is 0.0944. The third-order valence-electron chi connectivity index (χ3n) is 6.58. The smallest absolute Gasteiger partial charge is 0.339 e. The minimum Gasteiger partial charge on any atom is -0.478 e. The Morgan fingerprint density at radius 2 is 1.57 bits per heavy atom. The van der Waals surface area contributed by atoms with Gasteiger partial charge in [0.15, 0.2) is 5.78 Å². The number of carboxylic acid groups (broad SMARTS) is 1. The standard InChI is InChI=1S/C29H32FN5O3.2C3H8/c1-3-4-5-6-7-14-27(36)24-13-9-12-23(28(24)30)20-10-8-11-22(17-20)35-26(25(18-31-35)29(37)38)16-15-21-19-34(2)33-32-21;2*1-3-2/h8-13,17-19H,3-7,14-16H2,1-2H3,(H,37,38);2*3H2,1-2H3. The Balaban J connectivity index is 0.00000104. The Kier molecular flexibility index (Phi) is 15.7. The molecule has 44 heavy (non-hydrogen) atoms. The largest absolute Gasteiger partial charge is 0.478 e. The van der Waals surface area contributed by atoms with Crippen LogP contribution in [0, 0.1) is 5.82 Å². The molecule has 0 aliphatic rings. The Labute approximate surface area is 261 Å². The molecule has 4 rings (SSSR count). The maximum absolute atomic E-state index is 15.5. The van der Waals surface area contributed by atoms with Crippen molar-refractivity contribution in [3.05, 3.63) is 83.2 Å². The van der Waals surface area contributed by atoms with Crippen molar-refractivity contribution in [2.24, 2.45) is 7.05 Å². The third kappa shape index (κ3) is 10.5. The molecule has 2 aromatic heterocycles. The van der Waals surface area contributed by atoms with Gasteiger partial charge in [-0.15, -0.1) is 5.10 Å². The quantitative estimate of drug-likeness (QED) is 0.121. The van der Waals surface area contributed by atoms with Gasteiger partial charge in [0.05, 0.1) is 28.8 Å². The summed E-state index contributed by atoms with van der Waals surface area (Å²) in [7, 11) is 1.77. The van der Waals surface area contributed by atoms with Gasteiger partial charge in [-0.05, 0) is 43.0 Å². The van der Waals surface area contributed by atoms with Gasteiger partial charge in [0.25, 0.3) is 0 Å². The van der Waals surface area contributed by atoms with Crippen LogP contribution < -0.4 is 0 Å². The molecule has 0 bridgehead atoms. The second-order valence-electron chi connectivity index (χ2n) is 10.8. The van der Waals surface area contributed by atoms with Crippen LogP contribution in [-0.4, -0.2) is 41.6 Å². The number of nitrogens with zero attached hydrogens (tertiary/aromatic N) is 5. The number of carbonyl (C=O) groups is 2. The number of hydrogen-bond acceptors (Lipinski definition) is 5. The van der Waals surface area contributed by atoms with E-state index in [9.17, 15) is 14.7 Å². The Bertz CT molecular complexity index is 1460. The number of aromatic carboxylic acids is 1. The molecule has 0 atom stereocenters. The van der Waals surface area contributed by atoms with E-state index in [0.717, 1.165) is 37.8 Å². The van der Waals surface area contributed by atoms with E-state index in [1.807, 2.05) is 0 Å². The number of benzene rings is 2. The average molecular weight is 606 g/mol. The number of carboxylic acids is 1. The van der Waals surface area contributed by atoms with Crippen LogP contribution >= 0.6 is 0 Å². The normalized spacial score (nSPS) is 10.4. The first kappa shape index (κ1) is 36.1. The van der Waals surface area contributed by atoms with Gasteiger partial charge in [0.2, 0.25) is 0 Å². The summed E-state index contributed by atoms with van der Waals surface area (Å²) in [6, 6.07) is 11.9. The molecular formula is C35H48FN5O3. The zero-order valence-corrected chi connectivity index (χ0v) is 27.1.